The Morgan fingerprint density at radius 1 is 1.35 bits per heavy atom. The van der Waals surface area contributed by atoms with Crippen molar-refractivity contribution in [2.75, 3.05) is 17.6 Å². The van der Waals surface area contributed by atoms with E-state index in [2.05, 4.69) is 20.3 Å². The van der Waals surface area contributed by atoms with Gasteiger partial charge in [-0.3, -0.25) is 4.55 Å². The van der Waals surface area contributed by atoms with Gasteiger partial charge >= 0.3 is 0 Å². The molecule has 11 heteroatoms. The fourth-order valence-electron chi connectivity index (χ4n) is 2.38. The summed E-state index contributed by atoms with van der Waals surface area (Å²) < 4.78 is 57.8. The summed E-state index contributed by atoms with van der Waals surface area (Å²) in [4.78, 5) is 10.7. The van der Waals surface area contributed by atoms with Crippen LogP contribution < -0.4 is 5.32 Å². The molecule has 0 aliphatic rings. The lowest BCUT2D eigenvalue weighted by Gasteiger charge is -2.09. The van der Waals surface area contributed by atoms with Crippen LogP contribution in [0.25, 0.3) is 22.3 Å². The Kier molecular flexibility index (Phi) is 4.54. The minimum Gasteiger partial charge on any atom is -0.367 e. The first-order valence-corrected chi connectivity index (χ1v) is 8.82. The Labute approximate surface area is 146 Å². The molecule has 0 spiro atoms. The summed E-state index contributed by atoms with van der Waals surface area (Å²) in [6, 6.07) is 3.95. The summed E-state index contributed by atoms with van der Waals surface area (Å²) in [5.41, 5.74) is 0.675. The van der Waals surface area contributed by atoms with Crippen molar-refractivity contribution in [2.45, 2.75) is 0 Å². The molecular weight excluding hydrogens is 368 g/mol. The summed E-state index contributed by atoms with van der Waals surface area (Å²) in [6.07, 6.45) is 2.48. The number of H-pyrrole nitrogens is 1. The standard InChI is InChI=1S/C15H11F2N5O3S/c16-9-4-10-11(7-21-14(10)20-6-9)13-8(5-18)3-12(17)15(22-13)19-1-2-26(23,24)25/h3-4,6-7H,1-2H2,(H,19,22)(H,20,21)(H,23,24,25). The minimum atomic E-state index is -4.23. The minimum absolute atomic E-state index is 0.0712. The Hall–Kier alpha value is -3.10. The summed E-state index contributed by atoms with van der Waals surface area (Å²) >= 11 is 0. The van der Waals surface area contributed by atoms with Gasteiger partial charge in [-0.2, -0.15) is 13.7 Å². The van der Waals surface area contributed by atoms with E-state index in [1.165, 1.54) is 12.3 Å². The summed E-state index contributed by atoms with van der Waals surface area (Å²) in [6.45, 7) is -0.293. The van der Waals surface area contributed by atoms with Crippen molar-refractivity contribution >= 4 is 27.0 Å². The van der Waals surface area contributed by atoms with E-state index in [1.807, 2.05) is 6.07 Å². The highest BCUT2D eigenvalue weighted by Crippen LogP contribution is 2.31. The monoisotopic (exact) mass is 379 g/mol. The molecule has 3 rings (SSSR count). The molecule has 0 unspecified atom stereocenters. The zero-order valence-electron chi connectivity index (χ0n) is 13.0. The van der Waals surface area contributed by atoms with Gasteiger partial charge in [-0.05, 0) is 12.1 Å². The second-order valence-electron chi connectivity index (χ2n) is 5.29. The van der Waals surface area contributed by atoms with Gasteiger partial charge in [-0.1, -0.05) is 0 Å². The zero-order chi connectivity index (χ0) is 18.9. The largest absolute Gasteiger partial charge is 0.367 e. The van der Waals surface area contributed by atoms with Crippen LogP contribution >= 0.6 is 0 Å². The quantitative estimate of drug-likeness (QED) is 0.578. The number of aromatic nitrogens is 3. The third-order valence-corrected chi connectivity index (χ3v) is 4.22. The summed E-state index contributed by atoms with van der Waals surface area (Å²) in [5, 5.41) is 12.1. The van der Waals surface area contributed by atoms with E-state index in [9.17, 15) is 22.5 Å². The van der Waals surface area contributed by atoms with Crippen molar-refractivity contribution in [3.63, 3.8) is 0 Å². The highest BCUT2D eigenvalue weighted by atomic mass is 32.2. The van der Waals surface area contributed by atoms with Gasteiger partial charge in [0, 0.05) is 23.7 Å². The van der Waals surface area contributed by atoms with Crippen molar-refractivity contribution in [1.82, 2.24) is 15.0 Å². The molecule has 3 aromatic heterocycles. The topological polar surface area (TPSA) is 132 Å². The lowest BCUT2D eigenvalue weighted by Crippen LogP contribution is -2.16. The Balaban J connectivity index is 2.06. The molecule has 0 bridgehead atoms. The Bertz CT molecular complexity index is 1140. The van der Waals surface area contributed by atoms with Gasteiger partial charge in [0.15, 0.2) is 11.6 Å². The number of fused-ring (bicyclic) bond motifs is 1. The zero-order valence-corrected chi connectivity index (χ0v) is 13.8. The van der Waals surface area contributed by atoms with Crippen molar-refractivity contribution in [1.29, 1.82) is 5.26 Å². The molecule has 26 heavy (non-hydrogen) atoms. The fraction of sp³-hybridized carbons (Fsp3) is 0.133. The number of nitriles is 1. The number of nitrogens with one attached hydrogen (secondary N) is 2. The van der Waals surface area contributed by atoms with Gasteiger partial charge in [0.25, 0.3) is 10.1 Å². The van der Waals surface area contributed by atoms with Crippen molar-refractivity contribution < 1.29 is 21.8 Å². The van der Waals surface area contributed by atoms with E-state index in [4.69, 9.17) is 4.55 Å². The second-order valence-corrected chi connectivity index (χ2v) is 6.86. The summed E-state index contributed by atoms with van der Waals surface area (Å²) in [5.74, 6) is -2.41. The van der Waals surface area contributed by atoms with Crippen LogP contribution in [0.2, 0.25) is 0 Å². The number of nitrogens with zero attached hydrogens (tertiary/aromatic N) is 3. The Morgan fingerprint density at radius 3 is 2.81 bits per heavy atom. The maximum Gasteiger partial charge on any atom is 0.266 e. The molecule has 0 saturated carbocycles. The summed E-state index contributed by atoms with van der Waals surface area (Å²) in [7, 11) is -4.23. The predicted molar refractivity (Wildman–Crippen MR) is 88.9 cm³/mol. The molecule has 0 radical (unpaired) electrons. The molecule has 3 heterocycles. The normalized spacial score (nSPS) is 11.5. The van der Waals surface area contributed by atoms with E-state index in [0.717, 1.165) is 12.3 Å². The third kappa shape index (κ3) is 3.61. The highest BCUT2D eigenvalue weighted by Gasteiger charge is 2.17. The number of aromatic amines is 1. The lowest BCUT2D eigenvalue weighted by atomic mass is 10.1. The van der Waals surface area contributed by atoms with Crippen LogP contribution in [0, 0.1) is 23.0 Å². The van der Waals surface area contributed by atoms with Crippen molar-refractivity contribution in [2.24, 2.45) is 0 Å². The molecule has 0 atom stereocenters. The number of rotatable bonds is 5. The van der Waals surface area contributed by atoms with Crippen LogP contribution in [0.3, 0.4) is 0 Å². The number of pyridine rings is 2. The molecule has 3 N–H and O–H groups in total. The van der Waals surface area contributed by atoms with Crippen LogP contribution in [-0.4, -0.2) is 40.2 Å². The molecule has 0 saturated heterocycles. The van der Waals surface area contributed by atoms with Gasteiger partial charge in [-0.25, -0.2) is 18.7 Å². The molecule has 0 fully saturated rings. The lowest BCUT2D eigenvalue weighted by molar-refractivity contribution is 0.484. The van der Waals surface area contributed by atoms with Crippen LogP contribution in [0.1, 0.15) is 5.56 Å². The first-order chi connectivity index (χ1) is 12.3. The molecule has 0 amide bonds. The van der Waals surface area contributed by atoms with E-state index in [1.54, 1.807) is 0 Å². The molecule has 0 aromatic carbocycles. The van der Waals surface area contributed by atoms with Gasteiger partial charge < -0.3 is 10.3 Å². The van der Waals surface area contributed by atoms with Crippen LogP contribution in [0.4, 0.5) is 14.6 Å². The van der Waals surface area contributed by atoms with Crippen molar-refractivity contribution in [3.05, 3.63) is 41.7 Å². The molecule has 3 aromatic rings. The maximum atomic E-state index is 14.1. The molecule has 8 nitrogen and oxygen atoms in total. The van der Waals surface area contributed by atoms with Crippen LogP contribution in [0.15, 0.2) is 24.5 Å². The average molecular weight is 379 g/mol. The molecule has 0 aliphatic carbocycles. The smallest absolute Gasteiger partial charge is 0.266 e. The van der Waals surface area contributed by atoms with Gasteiger partial charge in [0.1, 0.15) is 17.5 Å². The van der Waals surface area contributed by atoms with Crippen molar-refractivity contribution in [3.8, 4) is 17.3 Å². The van der Waals surface area contributed by atoms with E-state index < -0.39 is 27.5 Å². The first kappa shape index (κ1) is 17.7. The number of hydrogen-bond acceptors (Lipinski definition) is 6. The second kappa shape index (κ2) is 6.66. The van der Waals surface area contributed by atoms with Crippen LogP contribution in [0.5, 0.6) is 0 Å². The first-order valence-electron chi connectivity index (χ1n) is 7.21. The molecular formula is C15H11F2N5O3S. The third-order valence-electron chi connectivity index (χ3n) is 3.50. The van der Waals surface area contributed by atoms with E-state index in [-0.39, 0.29) is 23.6 Å². The predicted octanol–water partition coefficient (Wildman–Crippen LogP) is 2.07. The van der Waals surface area contributed by atoms with Crippen LogP contribution in [-0.2, 0) is 10.1 Å². The number of anilines is 1. The van der Waals surface area contributed by atoms with E-state index >= 15 is 0 Å². The van der Waals surface area contributed by atoms with E-state index in [0.29, 0.717) is 16.6 Å². The molecule has 0 aliphatic heterocycles. The SMILES string of the molecule is N#Cc1cc(F)c(NCCS(=O)(=O)O)nc1-c1c[nH]c2ncc(F)cc12. The molecule has 134 valence electrons. The number of halogens is 2. The average Bonchev–Trinajstić information content (AvgIpc) is 2.97. The van der Waals surface area contributed by atoms with Gasteiger partial charge in [0.05, 0.1) is 23.2 Å². The highest BCUT2D eigenvalue weighted by molar-refractivity contribution is 7.85. The number of hydrogen-bond donors (Lipinski definition) is 3. The van der Waals surface area contributed by atoms with Gasteiger partial charge in [0.2, 0.25) is 0 Å². The van der Waals surface area contributed by atoms with Gasteiger partial charge in [-0.15, -0.1) is 0 Å². The Morgan fingerprint density at radius 2 is 2.12 bits per heavy atom. The fourth-order valence-corrected chi connectivity index (χ4v) is 2.74. The maximum absolute atomic E-state index is 14.1.